The topological polar surface area (TPSA) is 38.3 Å². The summed E-state index contributed by atoms with van der Waals surface area (Å²) in [6.07, 6.45) is 0. The van der Waals surface area contributed by atoms with Gasteiger partial charge in [-0.3, -0.25) is 4.79 Å². The quantitative estimate of drug-likeness (QED) is 0.848. The first-order valence-electron chi connectivity index (χ1n) is 6.28. The summed E-state index contributed by atoms with van der Waals surface area (Å²) < 4.78 is 18.4. The van der Waals surface area contributed by atoms with Gasteiger partial charge in [-0.1, -0.05) is 12.1 Å². The molecule has 0 heterocycles. The summed E-state index contributed by atoms with van der Waals surface area (Å²) in [5, 5.41) is 3.03. The van der Waals surface area contributed by atoms with E-state index < -0.39 is 0 Å². The Hall–Kier alpha value is -2.36. The fraction of sp³-hybridized carbons (Fsp3) is 0.188. The van der Waals surface area contributed by atoms with Gasteiger partial charge in [0.2, 0.25) is 0 Å². The number of methoxy groups -OCH3 is 1. The predicted molar refractivity (Wildman–Crippen MR) is 77.0 cm³/mol. The van der Waals surface area contributed by atoms with Crippen molar-refractivity contribution in [2.75, 3.05) is 19.0 Å². The van der Waals surface area contributed by atoms with Crippen molar-refractivity contribution in [1.29, 1.82) is 0 Å². The number of benzene rings is 2. The minimum absolute atomic E-state index is 0.0981. The fourth-order valence-electron chi connectivity index (χ4n) is 1.89. The Balaban J connectivity index is 2.06. The van der Waals surface area contributed by atoms with Crippen LogP contribution in [0.1, 0.15) is 15.9 Å². The van der Waals surface area contributed by atoms with Crippen LogP contribution in [0.15, 0.2) is 42.5 Å². The van der Waals surface area contributed by atoms with E-state index in [4.69, 9.17) is 4.74 Å². The van der Waals surface area contributed by atoms with Gasteiger partial charge in [-0.25, -0.2) is 4.39 Å². The molecule has 3 nitrogen and oxygen atoms in total. The lowest BCUT2D eigenvalue weighted by molar-refractivity contribution is 0.101. The molecule has 0 saturated carbocycles. The number of hydrogen-bond donors (Lipinski definition) is 1. The molecule has 0 aliphatic heterocycles. The van der Waals surface area contributed by atoms with Crippen LogP contribution in [0, 0.1) is 12.7 Å². The van der Waals surface area contributed by atoms with E-state index in [0.29, 0.717) is 16.9 Å². The molecule has 0 radical (unpaired) electrons. The molecular weight excluding hydrogens is 257 g/mol. The molecule has 1 N–H and O–H groups in total. The van der Waals surface area contributed by atoms with E-state index >= 15 is 0 Å². The van der Waals surface area contributed by atoms with Crippen molar-refractivity contribution in [3.8, 4) is 5.75 Å². The fourth-order valence-corrected chi connectivity index (χ4v) is 1.89. The van der Waals surface area contributed by atoms with Crippen LogP contribution in [0.4, 0.5) is 10.1 Å². The van der Waals surface area contributed by atoms with Crippen molar-refractivity contribution in [3.63, 3.8) is 0 Å². The normalized spacial score (nSPS) is 10.2. The van der Waals surface area contributed by atoms with Crippen LogP contribution < -0.4 is 10.1 Å². The van der Waals surface area contributed by atoms with Gasteiger partial charge in [0.15, 0.2) is 5.78 Å². The zero-order valence-corrected chi connectivity index (χ0v) is 11.4. The molecule has 0 spiro atoms. The van der Waals surface area contributed by atoms with Crippen LogP contribution in [0.2, 0.25) is 0 Å². The maximum Gasteiger partial charge on any atom is 0.181 e. The third kappa shape index (κ3) is 3.15. The van der Waals surface area contributed by atoms with Crippen molar-refractivity contribution < 1.29 is 13.9 Å². The number of aryl methyl sites for hydroxylation is 1. The third-order valence-electron chi connectivity index (χ3n) is 3.03. The second kappa shape index (κ2) is 6.19. The molecule has 2 aromatic rings. The molecule has 0 saturated heterocycles. The molecular formula is C16H16FNO2. The second-order valence-corrected chi connectivity index (χ2v) is 4.44. The number of anilines is 1. The Labute approximate surface area is 117 Å². The summed E-state index contributed by atoms with van der Waals surface area (Å²) in [6, 6.07) is 11.7. The van der Waals surface area contributed by atoms with Crippen molar-refractivity contribution >= 4 is 11.5 Å². The number of halogens is 1. The highest BCUT2D eigenvalue weighted by Crippen LogP contribution is 2.22. The molecule has 0 unspecified atom stereocenters. The van der Waals surface area contributed by atoms with Gasteiger partial charge in [0.1, 0.15) is 11.6 Å². The minimum atomic E-state index is -0.306. The Bertz CT molecular complexity index is 626. The largest absolute Gasteiger partial charge is 0.495 e. The van der Waals surface area contributed by atoms with E-state index in [1.807, 2.05) is 24.3 Å². The standard InChI is InChI=1S/C16H16FNO2/c1-11-9-12(7-8-13(11)17)15(19)10-18-14-5-3-4-6-16(14)20-2/h3-9,18H,10H2,1-2H3. The lowest BCUT2D eigenvalue weighted by atomic mass is 10.1. The number of carbonyl (C=O) groups is 1. The molecule has 0 bridgehead atoms. The van der Waals surface area contributed by atoms with E-state index in [9.17, 15) is 9.18 Å². The van der Waals surface area contributed by atoms with Gasteiger partial charge in [-0.15, -0.1) is 0 Å². The van der Waals surface area contributed by atoms with Crippen LogP contribution in [0.3, 0.4) is 0 Å². The molecule has 20 heavy (non-hydrogen) atoms. The van der Waals surface area contributed by atoms with E-state index in [-0.39, 0.29) is 18.1 Å². The minimum Gasteiger partial charge on any atom is -0.495 e. The van der Waals surface area contributed by atoms with Crippen molar-refractivity contribution in [2.45, 2.75) is 6.92 Å². The number of carbonyl (C=O) groups excluding carboxylic acids is 1. The molecule has 0 atom stereocenters. The molecule has 104 valence electrons. The number of ketones is 1. The van der Waals surface area contributed by atoms with Crippen LogP contribution in [0.25, 0.3) is 0 Å². The average Bonchev–Trinajstić information content (AvgIpc) is 2.47. The summed E-state index contributed by atoms with van der Waals surface area (Å²) in [6.45, 7) is 1.77. The van der Waals surface area contributed by atoms with Gasteiger partial charge < -0.3 is 10.1 Å². The zero-order valence-electron chi connectivity index (χ0n) is 11.4. The first-order valence-corrected chi connectivity index (χ1v) is 6.28. The number of rotatable bonds is 5. The molecule has 0 aliphatic rings. The Kier molecular flexibility index (Phi) is 4.35. The molecule has 4 heteroatoms. The lowest BCUT2D eigenvalue weighted by Crippen LogP contribution is -2.14. The maximum atomic E-state index is 13.2. The molecule has 0 aromatic heterocycles. The van der Waals surface area contributed by atoms with Crippen molar-refractivity contribution in [2.24, 2.45) is 0 Å². The number of ether oxygens (including phenoxy) is 1. The molecule has 2 aromatic carbocycles. The van der Waals surface area contributed by atoms with Crippen LogP contribution in [-0.4, -0.2) is 19.4 Å². The van der Waals surface area contributed by atoms with Gasteiger partial charge in [0.05, 0.1) is 19.3 Å². The zero-order chi connectivity index (χ0) is 14.5. The van der Waals surface area contributed by atoms with E-state index in [2.05, 4.69) is 5.32 Å². The summed E-state index contributed by atoms with van der Waals surface area (Å²) >= 11 is 0. The van der Waals surface area contributed by atoms with Crippen LogP contribution in [0.5, 0.6) is 5.75 Å². The molecule has 0 fully saturated rings. The van der Waals surface area contributed by atoms with Gasteiger partial charge in [0, 0.05) is 5.56 Å². The Morgan fingerprint density at radius 2 is 2.00 bits per heavy atom. The van der Waals surface area contributed by atoms with Gasteiger partial charge in [0.25, 0.3) is 0 Å². The highest BCUT2D eigenvalue weighted by atomic mass is 19.1. The molecule has 2 rings (SSSR count). The van der Waals surface area contributed by atoms with E-state index in [1.54, 1.807) is 20.1 Å². The summed E-state index contributed by atoms with van der Waals surface area (Å²) in [5.74, 6) is 0.272. The highest BCUT2D eigenvalue weighted by Gasteiger charge is 2.09. The van der Waals surface area contributed by atoms with E-state index in [0.717, 1.165) is 5.69 Å². The van der Waals surface area contributed by atoms with Gasteiger partial charge in [-0.2, -0.15) is 0 Å². The summed E-state index contributed by atoms with van der Waals surface area (Å²) in [5.41, 5.74) is 1.71. The van der Waals surface area contributed by atoms with E-state index in [1.165, 1.54) is 12.1 Å². The monoisotopic (exact) mass is 273 g/mol. The molecule has 0 aliphatic carbocycles. The number of hydrogen-bond acceptors (Lipinski definition) is 3. The third-order valence-corrected chi connectivity index (χ3v) is 3.03. The maximum absolute atomic E-state index is 13.2. The van der Waals surface area contributed by atoms with Crippen molar-refractivity contribution in [3.05, 3.63) is 59.4 Å². The number of para-hydroxylation sites is 2. The Morgan fingerprint density at radius 1 is 1.25 bits per heavy atom. The SMILES string of the molecule is COc1ccccc1NCC(=O)c1ccc(F)c(C)c1. The Morgan fingerprint density at radius 3 is 2.70 bits per heavy atom. The summed E-state index contributed by atoms with van der Waals surface area (Å²) in [4.78, 5) is 12.1. The lowest BCUT2D eigenvalue weighted by Gasteiger charge is -2.10. The molecule has 0 amide bonds. The first-order chi connectivity index (χ1) is 9.61. The number of nitrogens with one attached hydrogen (secondary N) is 1. The van der Waals surface area contributed by atoms with Crippen LogP contribution >= 0.6 is 0 Å². The highest BCUT2D eigenvalue weighted by molar-refractivity contribution is 5.99. The van der Waals surface area contributed by atoms with Gasteiger partial charge in [-0.05, 0) is 42.8 Å². The smallest absolute Gasteiger partial charge is 0.181 e. The second-order valence-electron chi connectivity index (χ2n) is 4.44. The van der Waals surface area contributed by atoms with Crippen LogP contribution in [-0.2, 0) is 0 Å². The van der Waals surface area contributed by atoms with Crippen molar-refractivity contribution in [1.82, 2.24) is 0 Å². The summed E-state index contributed by atoms with van der Waals surface area (Å²) in [7, 11) is 1.58. The predicted octanol–water partition coefficient (Wildman–Crippen LogP) is 3.44. The average molecular weight is 273 g/mol. The van der Waals surface area contributed by atoms with Gasteiger partial charge >= 0.3 is 0 Å². The first kappa shape index (κ1) is 14.1. The number of Topliss-reactive ketones (excluding diaryl/α,β-unsaturated/α-hetero) is 1.